The zero-order valence-corrected chi connectivity index (χ0v) is 23.6. The second kappa shape index (κ2) is 10.4. The highest BCUT2D eigenvalue weighted by atomic mass is 19.4. The summed E-state index contributed by atoms with van der Waals surface area (Å²) < 4.78 is 41.8. The standard InChI is InChI=1S/C35H28F3N3O3/c36-35(37,38)26-16-17-29-25(20-26)22-34(30-21-24(18-19-39(29)30)23-10-4-1-5-11-23)31(42)40(27-12-6-2-7-13-27)33(44)41(32(34)43)28-14-8-3-9-15-28/h1-17,20,24,30H,18-19,21-22H2/t24-,30-/m0/s1. The molecular weight excluding hydrogens is 567 g/mol. The molecule has 2 atom stereocenters. The van der Waals surface area contributed by atoms with E-state index in [2.05, 4.69) is 0 Å². The molecule has 0 aliphatic carbocycles. The molecule has 2 fully saturated rings. The van der Waals surface area contributed by atoms with Gasteiger partial charge < -0.3 is 4.90 Å². The number of urea groups is 1. The van der Waals surface area contributed by atoms with Gasteiger partial charge in [-0.15, -0.1) is 0 Å². The van der Waals surface area contributed by atoms with E-state index >= 15 is 0 Å². The van der Waals surface area contributed by atoms with Crippen molar-refractivity contribution in [3.8, 4) is 0 Å². The van der Waals surface area contributed by atoms with Crippen LogP contribution in [0, 0.1) is 5.41 Å². The molecule has 2 saturated heterocycles. The minimum Gasteiger partial charge on any atom is -0.367 e. The normalized spacial score (nSPS) is 21.3. The molecule has 7 rings (SSSR count). The first-order valence-electron chi connectivity index (χ1n) is 14.5. The predicted octanol–water partition coefficient (Wildman–Crippen LogP) is 7.20. The molecule has 3 heterocycles. The number of nitrogens with zero attached hydrogens (tertiary/aromatic N) is 3. The lowest BCUT2D eigenvalue weighted by atomic mass is 9.63. The number of amides is 4. The van der Waals surface area contributed by atoms with Gasteiger partial charge in [-0.05, 0) is 78.8 Å². The van der Waals surface area contributed by atoms with E-state index in [1.54, 1.807) is 60.7 Å². The Morgan fingerprint density at radius 1 is 0.705 bits per heavy atom. The predicted molar refractivity (Wildman–Crippen MR) is 160 cm³/mol. The van der Waals surface area contributed by atoms with E-state index < -0.39 is 41.0 Å². The zero-order valence-electron chi connectivity index (χ0n) is 23.6. The maximum Gasteiger partial charge on any atom is 0.416 e. The highest BCUT2D eigenvalue weighted by molar-refractivity contribution is 6.39. The number of rotatable bonds is 3. The van der Waals surface area contributed by atoms with Gasteiger partial charge in [-0.2, -0.15) is 13.2 Å². The summed E-state index contributed by atoms with van der Waals surface area (Å²) in [6, 6.07) is 28.6. The van der Waals surface area contributed by atoms with Crippen LogP contribution in [0.15, 0.2) is 109 Å². The van der Waals surface area contributed by atoms with Gasteiger partial charge in [0.05, 0.1) is 23.0 Å². The Morgan fingerprint density at radius 3 is 1.80 bits per heavy atom. The van der Waals surface area contributed by atoms with Crippen LogP contribution in [0.5, 0.6) is 0 Å². The van der Waals surface area contributed by atoms with E-state index in [1.165, 1.54) is 6.07 Å². The molecule has 0 bridgehead atoms. The number of hydrogen-bond donors (Lipinski definition) is 0. The lowest BCUT2D eigenvalue weighted by Gasteiger charge is -2.56. The number of anilines is 3. The Morgan fingerprint density at radius 2 is 1.25 bits per heavy atom. The van der Waals surface area contributed by atoms with Crippen molar-refractivity contribution in [3.63, 3.8) is 0 Å². The summed E-state index contributed by atoms with van der Waals surface area (Å²) in [4.78, 5) is 47.9. The van der Waals surface area contributed by atoms with Gasteiger partial charge in [-0.3, -0.25) is 9.59 Å². The molecule has 3 aliphatic rings. The van der Waals surface area contributed by atoms with Crippen molar-refractivity contribution in [2.75, 3.05) is 21.2 Å². The number of halogens is 3. The lowest BCUT2D eigenvalue weighted by molar-refractivity contribution is -0.143. The van der Waals surface area contributed by atoms with Crippen molar-refractivity contribution in [2.24, 2.45) is 5.41 Å². The van der Waals surface area contributed by atoms with Crippen molar-refractivity contribution in [3.05, 3.63) is 126 Å². The first-order valence-corrected chi connectivity index (χ1v) is 14.5. The third-order valence-electron chi connectivity index (χ3n) is 9.21. The fraction of sp³-hybridized carbons (Fsp3) is 0.229. The first-order chi connectivity index (χ1) is 21.2. The fourth-order valence-electron chi connectivity index (χ4n) is 7.16. The summed E-state index contributed by atoms with van der Waals surface area (Å²) in [5, 5.41) is 0. The summed E-state index contributed by atoms with van der Waals surface area (Å²) >= 11 is 0. The number of piperidine rings is 1. The number of carbonyl (C=O) groups is 3. The second-order valence-electron chi connectivity index (χ2n) is 11.6. The Balaban J connectivity index is 1.46. The summed E-state index contributed by atoms with van der Waals surface area (Å²) in [7, 11) is 0. The van der Waals surface area contributed by atoms with Crippen LogP contribution in [-0.2, 0) is 22.2 Å². The van der Waals surface area contributed by atoms with Crippen LogP contribution >= 0.6 is 0 Å². The molecule has 44 heavy (non-hydrogen) atoms. The molecule has 4 amide bonds. The maximum absolute atomic E-state index is 14.9. The van der Waals surface area contributed by atoms with Crippen LogP contribution in [0.4, 0.5) is 35.0 Å². The lowest BCUT2D eigenvalue weighted by Crippen LogP contribution is -2.74. The van der Waals surface area contributed by atoms with Gasteiger partial charge in [-0.25, -0.2) is 14.6 Å². The smallest absolute Gasteiger partial charge is 0.367 e. The van der Waals surface area contributed by atoms with Crippen LogP contribution in [0.25, 0.3) is 0 Å². The summed E-state index contributed by atoms with van der Waals surface area (Å²) in [5.41, 5.74) is -0.256. The van der Waals surface area contributed by atoms with Crippen molar-refractivity contribution in [1.29, 1.82) is 0 Å². The van der Waals surface area contributed by atoms with Gasteiger partial charge in [0.2, 0.25) is 0 Å². The molecule has 222 valence electrons. The van der Waals surface area contributed by atoms with Crippen LogP contribution in [0.1, 0.15) is 35.4 Å². The number of alkyl halides is 3. The summed E-state index contributed by atoms with van der Waals surface area (Å²) in [5.74, 6) is -1.45. The zero-order chi connectivity index (χ0) is 30.6. The third kappa shape index (κ3) is 4.29. The molecule has 0 aromatic heterocycles. The van der Waals surface area contributed by atoms with Crippen molar-refractivity contribution >= 4 is 34.9 Å². The molecular formula is C35H28F3N3O3. The number of carbonyl (C=O) groups excluding carboxylic acids is 3. The second-order valence-corrected chi connectivity index (χ2v) is 11.6. The molecule has 3 aliphatic heterocycles. The largest absolute Gasteiger partial charge is 0.416 e. The van der Waals surface area contributed by atoms with Crippen LogP contribution in [-0.4, -0.2) is 30.4 Å². The SMILES string of the molecule is O=C1N(c2ccccc2)C(=O)C2(Cc3cc(C(F)(F)F)ccc3N3CC[C@H](c4ccccc4)C[C@H]32)C(=O)N1c1ccccc1. The van der Waals surface area contributed by atoms with E-state index in [0.717, 1.165) is 27.5 Å². The van der Waals surface area contributed by atoms with Gasteiger partial charge >= 0.3 is 12.2 Å². The first kappa shape index (κ1) is 27.9. The summed E-state index contributed by atoms with van der Waals surface area (Å²) in [6.45, 7) is 0.426. The highest BCUT2D eigenvalue weighted by Crippen LogP contribution is 2.53. The number of benzene rings is 4. The van der Waals surface area contributed by atoms with Crippen molar-refractivity contribution in [2.45, 2.75) is 37.4 Å². The molecule has 0 unspecified atom stereocenters. The number of barbiturate groups is 1. The Kier molecular flexibility index (Phi) is 6.57. The molecule has 1 spiro atoms. The molecule has 4 aromatic carbocycles. The minimum atomic E-state index is -4.61. The third-order valence-corrected chi connectivity index (χ3v) is 9.21. The van der Waals surface area contributed by atoms with Crippen molar-refractivity contribution < 1.29 is 27.6 Å². The molecule has 9 heteroatoms. The van der Waals surface area contributed by atoms with Gasteiger partial charge in [-0.1, -0.05) is 66.7 Å². The maximum atomic E-state index is 14.9. The van der Waals surface area contributed by atoms with E-state index in [9.17, 15) is 27.6 Å². The van der Waals surface area contributed by atoms with Gasteiger partial charge in [0.25, 0.3) is 11.8 Å². The average molecular weight is 596 g/mol. The summed E-state index contributed by atoms with van der Waals surface area (Å²) in [6.07, 6.45) is -3.79. The van der Waals surface area contributed by atoms with Gasteiger partial charge in [0.1, 0.15) is 0 Å². The monoisotopic (exact) mass is 595 g/mol. The number of para-hydroxylation sites is 2. The van der Waals surface area contributed by atoms with Crippen LogP contribution in [0.2, 0.25) is 0 Å². The quantitative estimate of drug-likeness (QED) is 0.235. The van der Waals surface area contributed by atoms with Crippen LogP contribution < -0.4 is 14.7 Å². The van der Waals surface area contributed by atoms with E-state index in [0.29, 0.717) is 25.1 Å². The van der Waals surface area contributed by atoms with E-state index in [4.69, 9.17) is 0 Å². The van der Waals surface area contributed by atoms with Gasteiger partial charge in [0, 0.05) is 12.2 Å². The Bertz CT molecular complexity index is 1680. The number of imide groups is 2. The molecule has 6 nitrogen and oxygen atoms in total. The topological polar surface area (TPSA) is 60.9 Å². The fourth-order valence-corrected chi connectivity index (χ4v) is 7.16. The Labute approximate surface area is 252 Å². The average Bonchev–Trinajstić information content (AvgIpc) is 3.04. The molecule has 4 aromatic rings. The molecule has 0 radical (unpaired) electrons. The van der Waals surface area contributed by atoms with E-state index in [-0.39, 0.29) is 29.3 Å². The molecule has 0 saturated carbocycles. The number of hydrogen-bond acceptors (Lipinski definition) is 4. The van der Waals surface area contributed by atoms with E-state index in [1.807, 2.05) is 35.2 Å². The highest BCUT2D eigenvalue weighted by Gasteiger charge is 2.65. The van der Waals surface area contributed by atoms with Gasteiger partial charge in [0.15, 0.2) is 5.41 Å². The molecule has 0 N–H and O–H groups in total. The van der Waals surface area contributed by atoms with Crippen molar-refractivity contribution in [1.82, 2.24) is 0 Å². The Hall–Kier alpha value is -4.92. The number of fused-ring (bicyclic) bond motifs is 4. The van der Waals surface area contributed by atoms with Crippen LogP contribution in [0.3, 0.4) is 0 Å². The minimum absolute atomic E-state index is 0.00102.